The first kappa shape index (κ1) is 22.5. The molecule has 3 aromatic heterocycles. The van der Waals surface area contributed by atoms with Gasteiger partial charge in [0.05, 0.1) is 17.9 Å². The van der Waals surface area contributed by atoms with Gasteiger partial charge in [0.25, 0.3) is 5.91 Å². The fourth-order valence-corrected chi connectivity index (χ4v) is 5.42. The SMILES string of the molecule is O=C(O)NC1CCN(C(=O)c2cc(NC3CCC(O)CC3)nc(-c3cnn4ccsc34)n2)CC1. The van der Waals surface area contributed by atoms with Crippen LogP contribution in [0.2, 0.25) is 0 Å². The van der Waals surface area contributed by atoms with Crippen molar-refractivity contribution >= 4 is 34.0 Å². The topological polar surface area (TPSA) is 145 Å². The quantitative estimate of drug-likeness (QED) is 0.431. The Kier molecular flexibility index (Phi) is 6.33. The van der Waals surface area contributed by atoms with Gasteiger partial charge in [0, 0.05) is 42.8 Å². The van der Waals surface area contributed by atoms with Crippen molar-refractivity contribution in [1.82, 2.24) is 29.8 Å². The van der Waals surface area contributed by atoms with Gasteiger partial charge in [-0.1, -0.05) is 0 Å². The zero-order valence-corrected chi connectivity index (χ0v) is 19.4. The molecular formula is C22H27N7O4S. The number of likely N-dealkylation sites (tertiary alicyclic amines) is 1. The third kappa shape index (κ3) is 4.82. The number of hydrogen-bond donors (Lipinski definition) is 4. The molecule has 11 nitrogen and oxygen atoms in total. The number of aliphatic hydroxyl groups excluding tert-OH is 1. The van der Waals surface area contributed by atoms with Gasteiger partial charge in [-0.25, -0.2) is 19.3 Å². The van der Waals surface area contributed by atoms with E-state index in [1.165, 1.54) is 11.3 Å². The minimum atomic E-state index is -1.04. The zero-order chi connectivity index (χ0) is 23.7. The van der Waals surface area contributed by atoms with Gasteiger partial charge in [-0.2, -0.15) is 5.10 Å². The van der Waals surface area contributed by atoms with E-state index in [-0.39, 0.29) is 24.1 Å². The average molecular weight is 486 g/mol. The lowest BCUT2D eigenvalue weighted by Gasteiger charge is -2.31. The molecule has 4 heterocycles. The van der Waals surface area contributed by atoms with Gasteiger partial charge in [0.2, 0.25) is 0 Å². The summed E-state index contributed by atoms with van der Waals surface area (Å²) in [4.78, 5) is 36.2. The molecule has 1 saturated carbocycles. The molecule has 34 heavy (non-hydrogen) atoms. The molecule has 1 aliphatic carbocycles. The molecule has 12 heteroatoms. The Hall–Kier alpha value is -3.25. The molecule has 2 aliphatic rings. The van der Waals surface area contributed by atoms with Crippen LogP contribution in [-0.4, -0.2) is 78.0 Å². The smallest absolute Gasteiger partial charge is 0.404 e. The van der Waals surface area contributed by atoms with E-state index >= 15 is 0 Å². The molecule has 0 spiro atoms. The number of fused-ring (bicyclic) bond motifs is 1. The van der Waals surface area contributed by atoms with Crippen LogP contribution < -0.4 is 10.6 Å². The molecular weight excluding hydrogens is 458 g/mol. The molecule has 1 saturated heterocycles. The van der Waals surface area contributed by atoms with Crippen LogP contribution in [0.4, 0.5) is 10.6 Å². The fourth-order valence-electron chi connectivity index (χ4n) is 4.62. The van der Waals surface area contributed by atoms with Crippen LogP contribution in [-0.2, 0) is 0 Å². The molecule has 2 amide bonds. The predicted octanol–water partition coefficient (Wildman–Crippen LogP) is 2.44. The maximum atomic E-state index is 13.4. The first-order chi connectivity index (χ1) is 16.5. The fraction of sp³-hybridized carbons (Fsp3) is 0.500. The molecule has 0 unspecified atom stereocenters. The Morgan fingerprint density at radius 3 is 2.56 bits per heavy atom. The Labute approximate surface area is 199 Å². The number of thiazole rings is 1. The van der Waals surface area contributed by atoms with Gasteiger partial charge in [0.15, 0.2) is 5.82 Å². The van der Waals surface area contributed by atoms with Crippen molar-refractivity contribution < 1.29 is 19.8 Å². The lowest BCUT2D eigenvalue weighted by Crippen LogP contribution is -2.46. The van der Waals surface area contributed by atoms with Crippen LogP contribution in [0, 0.1) is 0 Å². The van der Waals surface area contributed by atoms with Crippen LogP contribution in [0.3, 0.4) is 0 Å². The number of amides is 2. The lowest BCUT2D eigenvalue weighted by atomic mass is 9.93. The summed E-state index contributed by atoms with van der Waals surface area (Å²) in [6.45, 7) is 0.907. The molecule has 5 rings (SSSR count). The minimum Gasteiger partial charge on any atom is -0.465 e. The molecule has 3 aromatic rings. The number of aromatic nitrogens is 4. The molecule has 0 aromatic carbocycles. The molecule has 0 bridgehead atoms. The van der Waals surface area contributed by atoms with Crippen LogP contribution in [0.1, 0.15) is 49.0 Å². The van der Waals surface area contributed by atoms with Crippen molar-refractivity contribution in [2.75, 3.05) is 18.4 Å². The van der Waals surface area contributed by atoms with Gasteiger partial charge in [-0.3, -0.25) is 4.79 Å². The van der Waals surface area contributed by atoms with Gasteiger partial charge >= 0.3 is 6.09 Å². The van der Waals surface area contributed by atoms with Crippen molar-refractivity contribution in [2.45, 2.75) is 56.7 Å². The maximum Gasteiger partial charge on any atom is 0.404 e. The maximum absolute atomic E-state index is 13.4. The highest BCUT2D eigenvalue weighted by molar-refractivity contribution is 7.16. The number of carbonyl (C=O) groups is 2. The molecule has 4 N–H and O–H groups in total. The summed E-state index contributed by atoms with van der Waals surface area (Å²) < 4.78 is 1.76. The van der Waals surface area contributed by atoms with E-state index in [1.807, 2.05) is 11.6 Å². The average Bonchev–Trinajstić information content (AvgIpc) is 3.44. The number of aliphatic hydroxyl groups is 1. The molecule has 2 fully saturated rings. The van der Waals surface area contributed by atoms with Gasteiger partial charge in [0.1, 0.15) is 16.3 Å². The van der Waals surface area contributed by atoms with E-state index in [4.69, 9.17) is 10.1 Å². The summed E-state index contributed by atoms with van der Waals surface area (Å²) in [5.74, 6) is 0.811. The van der Waals surface area contributed by atoms with E-state index in [1.54, 1.807) is 21.7 Å². The van der Waals surface area contributed by atoms with Crippen LogP contribution in [0.15, 0.2) is 23.8 Å². The van der Waals surface area contributed by atoms with Crippen molar-refractivity contribution in [3.63, 3.8) is 0 Å². The summed E-state index contributed by atoms with van der Waals surface area (Å²) in [6.07, 6.45) is 6.52. The second kappa shape index (κ2) is 9.55. The predicted molar refractivity (Wildman–Crippen MR) is 126 cm³/mol. The Balaban J connectivity index is 1.41. The zero-order valence-electron chi connectivity index (χ0n) is 18.6. The van der Waals surface area contributed by atoms with E-state index in [0.29, 0.717) is 43.3 Å². The number of rotatable bonds is 5. The first-order valence-corrected chi connectivity index (χ1v) is 12.4. The second-order valence-corrected chi connectivity index (χ2v) is 9.73. The lowest BCUT2D eigenvalue weighted by molar-refractivity contribution is 0.0700. The number of piperidine rings is 1. The van der Waals surface area contributed by atoms with E-state index in [2.05, 4.69) is 20.7 Å². The first-order valence-electron chi connectivity index (χ1n) is 11.5. The number of carboxylic acid groups (broad SMARTS) is 1. The highest BCUT2D eigenvalue weighted by Crippen LogP contribution is 2.28. The number of carbonyl (C=O) groups excluding carboxylic acids is 1. The van der Waals surface area contributed by atoms with E-state index < -0.39 is 6.09 Å². The highest BCUT2D eigenvalue weighted by Gasteiger charge is 2.27. The Morgan fingerprint density at radius 2 is 1.82 bits per heavy atom. The Bertz CT molecular complexity index is 1180. The van der Waals surface area contributed by atoms with Gasteiger partial charge in [-0.15, -0.1) is 11.3 Å². The van der Waals surface area contributed by atoms with E-state index in [9.17, 15) is 14.7 Å². The van der Waals surface area contributed by atoms with Gasteiger partial charge in [-0.05, 0) is 38.5 Å². The number of nitrogens with one attached hydrogen (secondary N) is 2. The highest BCUT2D eigenvalue weighted by atomic mass is 32.1. The summed E-state index contributed by atoms with van der Waals surface area (Å²) in [5, 5.41) is 31.0. The summed E-state index contributed by atoms with van der Waals surface area (Å²) >= 11 is 1.53. The van der Waals surface area contributed by atoms with Gasteiger partial charge < -0.3 is 25.7 Å². The monoisotopic (exact) mass is 485 g/mol. The molecule has 180 valence electrons. The molecule has 0 radical (unpaired) electrons. The second-order valence-electron chi connectivity index (χ2n) is 8.84. The summed E-state index contributed by atoms with van der Waals surface area (Å²) in [6, 6.07) is 1.70. The minimum absolute atomic E-state index is 0.152. The third-order valence-corrected chi connectivity index (χ3v) is 7.36. The van der Waals surface area contributed by atoms with Crippen molar-refractivity contribution in [3.05, 3.63) is 29.5 Å². The molecule has 1 aliphatic heterocycles. The van der Waals surface area contributed by atoms with Crippen LogP contribution >= 0.6 is 11.3 Å². The van der Waals surface area contributed by atoms with Crippen LogP contribution in [0.5, 0.6) is 0 Å². The van der Waals surface area contributed by atoms with Crippen molar-refractivity contribution in [2.24, 2.45) is 0 Å². The van der Waals surface area contributed by atoms with Crippen LogP contribution in [0.25, 0.3) is 16.2 Å². The molecule has 0 atom stereocenters. The Morgan fingerprint density at radius 1 is 1.06 bits per heavy atom. The normalized spacial score (nSPS) is 21.5. The number of hydrogen-bond acceptors (Lipinski definition) is 8. The third-order valence-electron chi connectivity index (χ3n) is 6.48. The van der Waals surface area contributed by atoms with Crippen molar-refractivity contribution in [3.8, 4) is 11.4 Å². The van der Waals surface area contributed by atoms with Crippen molar-refractivity contribution in [1.29, 1.82) is 0 Å². The standard InChI is InChI=1S/C22H27N7O4S/c30-15-3-1-13(2-4-15)24-18-11-17(20(31)28-7-5-14(6-8-28)25-22(32)33)26-19(27-18)16-12-23-29-9-10-34-21(16)29/h9-15,25,30H,1-8H2,(H,32,33)(H,24,26,27). The number of nitrogens with zero attached hydrogens (tertiary/aromatic N) is 5. The van der Waals surface area contributed by atoms with E-state index in [0.717, 1.165) is 36.1 Å². The largest absolute Gasteiger partial charge is 0.465 e. The summed E-state index contributed by atoms with van der Waals surface area (Å²) in [7, 11) is 0. The summed E-state index contributed by atoms with van der Waals surface area (Å²) in [5.41, 5.74) is 1.06. The number of anilines is 1.